The Morgan fingerprint density at radius 1 is 1.00 bits per heavy atom. The number of H-pyrrole nitrogens is 1. The second kappa shape index (κ2) is 4.88. The zero-order valence-corrected chi connectivity index (χ0v) is 10.3. The summed E-state index contributed by atoms with van der Waals surface area (Å²) in [5.74, 6) is -1.69. The van der Waals surface area contributed by atoms with Gasteiger partial charge in [-0.15, -0.1) is 0 Å². The first-order valence-electron chi connectivity index (χ1n) is 5.95. The summed E-state index contributed by atoms with van der Waals surface area (Å²) < 4.78 is 38.9. The Labute approximate surface area is 112 Å². The molecule has 1 aromatic heterocycles. The molecule has 3 aromatic rings. The smallest absolute Gasteiger partial charge is 0.201 e. The number of hydrogen-bond donors (Lipinski definition) is 2. The van der Waals surface area contributed by atoms with E-state index in [0.29, 0.717) is 22.5 Å². The van der Waals surface area contributed by atoms with E-state index in [4.69, 9.17) is 0 Å². The maximum absolute atomic E-state index is 13.0. The molecule has 3 nitrogen and oxygen atoms in total. The number of fused-ring (bicyclic) bond motifs is 1. The number of benzene rings is 2. The number of anilines is 1. The van der Waals surface area contributed by atoms with Crippen molar-refractivity contribution in [3.05, 3.63) is 59.4 Å². The SMILES string of the molecule is Fc1ccc2nc(NCc3ccc(F)c(F)c3)[nH]c2c1. The molecule has 0 bridgehead atoms. The molecule has 0 unspecified atom stereocenters. The van der Waals surface area contributed by atoms with Gasteiger partial charge in [0.1, 0.15) is 5.82 Å². The number of hydrogen-bond acceptors (Lipinski definition) is 2. The van der Waals surface area contributed by atoms with E-state index in [1.54, 1.807) is 6.07 Å². The van der Waals surface area contributed by atoms with Crippen LogP contribution in [0.25, 0.3) is 11.0 Å². The largest absolute Gasteiger partial charge is 0.352 e. The van der Waals surface area contributed by atoms with E-state index in [9.17, 15) is 13.2 Å². The highest BCUT2D eigenvalue weighted by Gasteiger charge is 2.05. The molecule has 0 aliphatic carbocycles. The summed E-state index contributed by atoms with van der Waals surface area (Å²) in [5.41, 5.74) is 1.77. The van der Waals surface area contributed by atoms with Gasteiger partial charge in [-0.05, 0) is 35.9 Å². The quantitative estimate of drug-likeness (QED) is 0.768. The summed E-state index contributed by atoms with van der Waals surface area (Å²) in [6.07, 6.45) is 0. The zero-order valence-electron chi connectivity index (χ0n) is 10.3. The van der Waals surface area contributed by atoms with Crippen molar-refractivity contribution in [3.63, 3.8) is 0 Å². The van der Waals surface area contributed by atoms with E-state index in [2.05, 4.69) is 15.3 Å². The molecule has 0 radical (unpaired) electrons. The first kappa shape index (κ1) is 12.5. The average molecular weight is 277 g/mol. The highest BCUT2D eigenvalue weighted by atomic mass is 19.2. The van der Waals surface area contributed by atoms with Gasteiger partial charge >= 0.3 is 0 Å². The zero-order chi connectivity index (χ0) is 14.1. The molecule has 0 fully saturated rings. The van der Waals surface area contributed by atoms with Gasteiger partial charge in [0, 0.05) is 6.54 Å². The van der Waals surface area contributed by atoms with Gasteiger partial charge in [-0.25, -0.2) is 18.2 Å². The van der Waals surface area contributed by atoms with Gasteiger partial charge in [0.15, 0.2) is 11.6 Å². The molecule has 0 saturated heterocycles. The highest BCUT2D eigenvalue weighted by molar-refractivity contribution is 5.77. The third-order valence-electron chi connectivity index (χ3n) is 2.89. The lowest BCUT2D eigenvalue weighted by atomic mass is 10.2. The Balaban J connectivity index is 1.77. The van der Waals surface area contributed by atoms with E-state index in [0.717, 1.165) is 12.1 Å². The predicted molar refractivity (Wildman–Crippen MR) is 69.7 cm³/mol. The Hall–Kier alpha value is -2.50. The first-order valence-corrected chi connectivity index (χ1v) is 5.95. The van der Waals surface area contributed by atoms with Crippen LogP contribution in [0.3, 0.4) is 0 Å². The van der Waals surface area contributed by atoms with E-state index in [-0.39, 0.29) is 12.4 Å². The molecule has 6 heteroatoms. The van der Waals surface area contributed by atoms with Gasteiger partial charge in [0.2, 0.25) is 5.95 Å². The van der Waals surface area contributed by atoms with Crippen LogP contribution in [0.15, 0.2) is 36.4 Å². The molecular formula is C14H10F3N3. The Bertz CT molecular complexity index is 767. The number of aromatic amines is 1. The maximum Gasteiger partial charge on any atom is 0.201 e. The fourth-order valence-corrected chi connectivity index (χ4v) is 1.90. The van der Waals surface area contributed by atoms with Gasteiger partial charge in [-0.3, -0.25) is 0 Å². The van der Waals surface area contributed by atoms with Crippen molar-refractivity contribution >= 4 is 17.0 Å². The van der Waals surface area contributed by atoms with Gasteiger partial charge in [0.05, 0.1) is 11.0 Å². The van der Waals surface area contributed by atoms with E-state index >= 15 is 0 Å². The summed E-state index contributed by atoms with van der Waals surface area (Å²) in [7, 11) is 0. The van der Waals surface area contributed by atoms with E-state index < -0.39 is 11.6 Å². The van der Waals surface area contributed by atoms with Crippen molar-refractivity contribution in [2.75, 3.05) is 5.32 Å². The topological polar surface area (TPSA) is 40.7 Å². The summed E-state index contributed by atoms with van der Waals surface area (Å²) in [4.78, 5) is 7.11. The lowest BCUT2D eigenvalue weighted by molar-refractivity contribution is 0.507. The summed E-state index contributed by atoms with van der Waals surface area (Å²) >= 11 is 0. The second-order valence-electron chi connectivity index (χ2n) is 4.35. The third kappa shape index (κ3) is 2.45. The van der Waals surface area contributed by atoms with Crippen LogP contribution in [0.4, 0.5) is 19.1 Å². The van der Waals surface area contributed by atoms with Gasteiger partial charge < -0.3 is 10.3 Å². The minimum atomic E-state index is -0.893. The molecule has 0 saturated carbocycles. The molecule has 0 aliphatic rings. The van der Waals surface area contributed by atoms with Crippen LogP contribution in [0, 0.1) is 17.5 Å². The molecule has 0 amide bonds. The molecule has 1 heterocycles. The minimum absolute atomic E-state index is 0.277. The van der Waals surface area contributed by atoms with E-state index in [1.165, 1.54) is 18.2 Å². The lowest BCUT2D eigenvalue weighted by Gasteiger charge is -2.03. The number of nitrogens with zero attached hydrogens (tertiary/aromatic N) is 1. The normalized spacial score (nSPS) is 10.9. The summed E-state index contributed by atoms with van der Waals surface area (Å²) in [6.45, 7) is 0.277. The Kier molecular flexibility index (Phi) is 3.06. The monoisotopic (exact) mass is 277 g/mol. The molecule has 20 heavy (non-hydrogen) atoms. The molecule has 0 aliphatic heterocycles. The van der Waals surface area contributed by atoms with Crippen LogP contribution >= 0.6 is 0 Å². The van der Waals surface area contributed by atoms with Crippen LogP contribution in [0.5, 0.6) is 0 Å². The van der Waals surface area contributed by atoms with Crippen molar-refractivity contribution < 1.29 is 13.2 Å². The number of nitrogens with one attached hydrogen (secondary N) is 2. The number of halogens is 3. The third-order valence-corrected chi connectivity index (χ3v) is 2.89. The van der Waals surface area contributed by atoms with Crippen molar-refractivity contribution in [2.24, 2.45) is 0 Å². The average Bonchev–Trinajstić information content (AvgIpc) is 2.82. The molecule has 2 aromatic carbocycles. The van der Waals surface area contributed by atoms with Gasteiger partial charge in [-0.2, -0.15) is 0 Å². The lowest BCUT2D eigenvalue weighted by Crippen LogP contribution is -2.01. The van der Waals surface area contributed by atoms with Crippen molar-refractivity contribution in [1.29, 1.82) is 0 Å². The van der Waals surface area contributed by atoms with Gasteiger partial charge in [0.25, 0.3) is 0 Å². The maximum atomic E-state index is 13.0. The molecular weight excluding hydrogens is 267 g/mol. The van der Waals surface area contributed by atoms with Crippen molar-refractivity contribution in [1.82, 2.24) is 9.97 Å². The van der Waals surface area contributed by atoms with Crippen LogP contribution in [0.1, 0.15) is 5.56 Å². The molecule has 0 spiro atoms. The molecule has 102 valence electrons. The Morgan fingerprint density at radius 3 is 2.65 bits per heavy atom. The molecule has 2 N–H and O–H groups in total. The molecule has 0 atom stereocenters. The second-order valence-corrected chi connectivity index (χ2v) is 4.35. The van der Waals surface area contributed by atoms with Crippen molar-refractivity contribution in [3.8, 4) is 0 Å². The number of aromatic nitrogens is 2. The minimum Gasteiger partial charge on any atom is -0.352 e. The molecule has 3 rings (SSSR count). The predicted octanol–water partition coefficient (Wildman–Crippen LogP) is 3.59. The van der Waals surface area contributed by atoms with Gasteiger partial charge in [-0.1, -0.05) is 6.07 Å². The summed E-state index contributed by atoms with van der Waals surface area (Å²) in [6, 6.07) is 7.88. The first-order chi connectivity index (χ1) is 9.61. The van der Waals surface area contributed by atoms with Crippen molar-refractivity contribution in [2.45, 2.75) is 6.54 Å². The van der Waals surface area contributed by atoms with Crippen LogP contribution in [-0.2, 0) is 6.54 Å². The van der Waals surface area contributed by atoms with E-state index in [1.807, 2.05) is 0 Å². The fraction of sp³-hybridized carbons (Fsp3) is 0.0714. The van der Waals surface area contributed by atoms with Crippen LogP contribution in [-0.4, -0.2) is 9.97 Å². The standard InChI is InChI=1S/C14H10F3N3/c15-9-2-4-12-13(6-9)20-14(19-12)18-7-8-1-3-10(16)11(17)5-8/h1-6H,7H2,(H2,18,19,20). The highest BCUT2D eigenvalue weighted by Crippen LogP contribution is 2.16. The fourth-order valence-electron chi connectivity index (χ4n) is 1.90. The number of rotatable bonds is 3. The van der Waals surface area contributed by atoms with Crippen LogP contribution in [0.2, 0.25) is 0 Å². The van der Waals surface area contributed by atoms with Crippen LogP contribution < -0.4 is 5.32 Å². The summed E-state index contributed by atoms with van der Waals surface area (Å²) in [5, 5.41) is 2.94. The Morgan fingerprint density at radius 2 is 1.85 bits per heavy atom. The number of imidazole rings is 1.